The van der Waals surface area contributed by atoms with Crippen LogP contribution >= 0.6 is 15.9 Å². The van der Waals surface area contributed by atoms with Gasteiger partial charge in [-0.15, -0.1) is 0 Å². The average Bonchev–Trinajstić information content (AvgIpc) is 2.24. The second kappa shape index (κ2) is 6.30. The first kappa shape index (κ1) is 13.6. The number of halogens is 3. The highest BCUT2D eigenvalue weighted by Gasteiger charge is 2.13. The van der Waals surface area contributed by atoms with Crippen LogP contribution in [-0.2, 0) is 6.42 Å². The third-order valence-corrected chi connectivity index (χ3v) is 3.10. The molecule has 1 aromatic rings. The Morgan fingerprint density at radius 3 is 2.62 bits per heavy atom. The molecule has 0 saturated heterocycles. The van der Waals surface area contributed by atoms with Gasteiger partial charge in [0.2, 0.25) is 0 Å². The van der Waals surface area contributed by atoms with Crippen molar-refractivity contribution in [2.45, 2.75) is 38.7 Å². The third kappa shape index (κ3) is 3.52. The predicted octanol–water partition coefficient (Wildman–Crippen LogP) is 3.82. The minimum atomic E-state index is -0.566. The van der Waals surface area contributed by atoms with E-state index in [1.54, 1.807) is 0 Å². The molecule has 0 heterocycles. The molecule has 1 unspecified atom stereocenters. The first-order valence-electron chi connectivity index (χ1n) is 5.36. The normalized spacial score (nSPS) is 12.8. The van der Waals surface area contributed by atoms with E-state index < -0.39 is 17.7 Å². The number of hydrogen-bond acceptors (Lipinski definition) is 1. The van der Waals surface area contributed by atoms with Gasteiger partial charge in [0.1, 0.15) is 11.6 Å². The molecule has 0 aromatic heterocycles. The van der Waals surface area contributed by atoms with Crippen LogP contribution in [0.4, 0.5) is 8.78 Å². The van der Waals surface area contributed by atoms with Gasteiger partial charge < -0.3 is 5.11 Å². The van der Waals surface area contributed by atoms with Crippen molar-refractivity contribution >= 4 is 15.9 Å². The fourth-order valence-corrected chi connectivity index (χ4v) is 1.96. The van der Waals surface area contributed by atoms with Gasteiger partial charge in [0, 0.05) is 5.56 Å². The van der Waals surface area contributed by atoms with E-state index in [0.717, 1.165) is 6.42 Å². The topological polar surface area (TPSA) is 20.2 Å². The maximum atomic E-state index is 13.5. The van der Waals surface area contributed by atoms with Gasteiger partial charge in [-0.2, -0.15) is 0 Å². The third-order valence-electron chi connectivity index (χ3n) is 2.49. The second-order valence-electron chi connectivity index (χ2n) is 3.80. The van der Waals surface area contributed by atoms with Crippen LogP contribution in [0.25, 0.3) is 0 Å². The highest BCUT2D eigenvalue weighted by Crippen LogP contribution is 2.23. The zero-order valence-electron chi connectivity index (χ0n) is 9.14. The quantitative estimate of drug-likeness (QED) is 0.818. The summed E-state index contributed by atoms with van der Waals surface area (Å²) in [6.45, 7) is 1.96. The first-order chi connectivity index (χ1) is 7.56. The van der Waals surface area contributed by atoms with Crippen LogP contribution in [0.3, 0.4) is 0 Å². The molecule has 0 aliphatic rings. The van der Waals surface area contributed by atoms with Crippen LogP contribution in [0.1, 0.15) is 31.7 Å². The summed E-state index contributed by atoms with van der Waals surface area (Å²) >= 11 is 3.01. The Morgan fingerprint density at radius 2 is 2.00 bits per heavy atom. The largest absolute Gasteiger partial charge is 0.393 e. The molecule has 0 amide bonds. The molecular formula is C12H15BrF2O. The predicted molar refractivity (Wildman–Crippen MR) is 63.3 cm³/mol. The maximum absolute atomic E-state index is 13.5. The molecule has 90 valence electrons. The standard InChI is InChI=1S/C12H15BrF2O/c1-2-3-8(16)4-5-9-11(14)7-6-10(13)12(9)15/h6-8,16H,2-5H2,1H3. The molecule has 1 nitrogen and oxygen atoms in total. The lowest BCUT2D eigenvalue weighted by atomic mass is 10.0. The second-order valence-corrected chi connectivity index (χ2v) is 4.66. The lowest BCUT2D eigenvalue weighted by Crippen LogP contribution is -2.09. The summed E-state index contributed by atoms with van der Waals surface area (Å²) < 4.78 is 27.1. The first-order valence-corrected chi connectivity index (χ1v) is 6.16. The van der Waals surface area contributed by atoms with E-state index in [1.165, 1.54) is 12.1 Å². The number of rotatable bonds is 5. The summed E-state index contributed by atoms with van der Waals surface area (Å²) in [5, 5.41) is 9.50. The average molecular weight is 293 g/mol. The van der Waals surface area contributed by atoms with Gasteiger partial charge in [-0.25, -0.2) is 8.78 Å². The van der Waals surface area contributed by atoms with E-state index in [4.69, 9.17) is 0 Å². The summed E-state index contributed by atoms with van der Waals surface area (Å²) in [4.78, 5) is 0. The Morgan fingerprint density at radius 1 is 1.31 bits per heavy atom. The van der Waals surface area contributed by atoms with Crippen molar-refractivity contribution in [2.24, 2.45) is 0 Å². The van der Waals surface area contributed by atoms with Gasteiger partial charge in [-0.05, 0) is 47.3 Å². The Hall–Kier alpha value is -0.480. The number of aliphatic hydroxyl groups is 1. The Balaban J connectivity index is 2.70. The van der Waals surface area contributed by atoms with Crippen LogP contribution in [0.15, 0.2) is 16.6 Å². The maximum Gasteiger partial charge on any atom is 0.143 e. The van der Waals surface area contributed by atoms with Crippen LogP contribution < -0.4 is 0 Å². The minimum absolute atomic E-state index is 0.0459. The zero-order chi connectivity index (χ0) is 12.1. The minimum Gasteiger partial charge on any atom is -0.393 e. The fourth-order valence-electron chi connectivity index (χ4n) is 1.59. The van der Waals surface area contributed by atoms with Crippen LogP contribution in [0.5, 0.6) is 0 Å². The Labute approximate surface area is 103 Å². The summed E-state index contributed by atoms with van der Waals surface area (Å²) in [6, 6.07) is 2.57. The number of benzene rings is 1. The van der Waals surface area contributed by atoms with Crippen LogP contribution in [0.2, 0.25) is 0 Å². The Bertz CT molecular complexity index is 355. The van der Waals surface area contributed by atoms with E-state index in [-0.39, 0.29) is 16.5 Å². The molecule has 1 aromatic carbocycles. The monoisotopic (exact) mass is 292 g/mol. The van der Waals surface area contributed by atoms with Gasteiger partial charge in [0.25, 0.3) is 0 Å². The number of aliphatic hydroxyl groups excluding tert-OH is 1. The molecule has 1 atom stereocenters. The molecule has 0 bridgehead atoms. The highest BCUT2D eigenvalue weighted by atomic mass is 79.9. The summed E-state index contributed by atoms with van der Waals surface area (Å²) in [7, 11) is 0. The van der Waals surface area contributed by atoms with Crippen molar-refractivity contribution in [1.82, 2.24) is 0 Å². The van der Waals surface area contributed by atoms with Gasteiger partial charge >= 0.3 is 0 Å². The molecule has 0 aliphatic heterocycles. The summed E-state index contributed by atoms with van der Waals surface area (Å²) in [5.41, 5.74) is 0.0459. The molecule has 16 heavy (non-hydrogen) atoms. The molecule has 1 rings (SSSR count). The molecule has 0 aliphatic carbocycles. The van der Waals surface area contributed by atoms with Crippen LogP contribution in [-0.4, -0.2) is 11.2 Å². The van der Waals surface area contributed by atoms with Crippen molar-refractivity contribution in [3.05, 3.63) is 33.8 Å². The Kier molecular flexibility index (Phi) is 5.35. The van der Waals surface area contributed by atoms with Crippen molar-refractivity contribution in [3.63, 3.8) is 0 Å². The van der Waals surface area contributed by atoms with E-state index >= 15 is 0 Å². The van der Waals surface area contributed by atoms with Gasteiger partial charge in [-0.1, -0.05) is 13.3 Å². The lowest BCUT2D eigenvalue weighted by molar-refractivity contribution is 0.153. The molecule has 0 radical (unpaired) electrons. The van der Waals surface area contributed by atoms with Crippen molar-refractivity contribution in [3.8, 4) is 0 Å². The van der Waals surface area contributed by atoms with Crippen molar-refractivity contribution in [2.75, 3.05) is 0 Å². The van der Waals surface area contributed by atoms with Crippen molar-refractivity contribution < 1.29 is 13.9 Å². The fraction of sp³-hybridized carbons (Fsp3) is 0.500. The number of hydrogen-bond donors (Lipinski definition) is 1. The zero-order valence-corrected chi connectivity index (χ0v) is 10.7. The highest BCUT2D eigenvalue weighted by molar-refractivity contribution is 9.10. The van der Waals surface area contributed by atoms with Crippen molar-refractivity contribution in [1.29, 1.82) is 0 Å². The van der Waals surface area contributed by atoms with Gasteiger partial charge in [0.05, 0.1) is 10.6 Å². The van der Waals surface area contributed by atoms with E-state index in [0.29, 0.717) is 12.8 Å². The molecule has 0 fully saturated rings. The van der Waals surface area contributed by atoms with E-state index in [1.807, 2.05) is 6.92 Å². The molecule has 4 heteroatoms. The smallest absolute Gasteiger partial charge is 0.143 e. The molecule has 0 spiro atoms. The van der Waals surface area contributed by atoms with Crippen LogP contribution in [0, 0.1) is 11.6 Å². The van der Waals surface area contributed by atoms with Gasteiger partial charge in [-0.3, -0.25) is 0 Å². The summed E-state index contributed by atoms with van der Waals surface area (Å²) in [6.07, 6.45) is 1.65. The van der Waals surface area contributed by atoms with E-state index in [9.17, 15) is 13.9 Å². The van der Waals surface area contributed by atoms with E-state index in [2.05, 4.69) is 15.9 Å². The van der Waals surface area contributed by atoms with Gasteiger partial charge in [0.15, 0.2) is 0 Å². The SMILES string of the molecule is CCCC(O)CCc1c(F)ccc(Br)c1F. The lowest BCUT2D eigenvalue weighted by Gasteiger charge is -2.10. The molecule has 0 saturated carbocycles. The molecular weight excluding hydrogens is 278 g/mol. The summed E-state index contributed by atoms with van der Waals surface area (Å²) in [5.74, 6) is -1.12. The molecule has 1 N–H and O–H groups in total.